The van der Waals surface area contributed by atoms with Gasteiger partial charge in [-0.05, 0) is 54.2 Å². The van der Waals surface area contributed by atoms with Crippen LogP contribution in [0.3, 0.4) is 0 Å². The van der Waals surface area contributed by atoms with Crippen LogP contribution in [0.5, 0.6) is 5.75 Å². The summed E-state index contributed by atoms with van der Waals surface area (Å²) in [4.78, 5) is 12.1. The summed E-state index contributed by atoms with van der Waals surface area (Å²) in [5.74, 6) is 0.858. The monoisotopic (exact) mass is 382 g/mol. The third kappa shape index (κ3) is 6.62. The number of carbonyl (C=O) groups excluding carboxylic acids is 1. The Hall–Kier alpha value is -3.39. The zero-order chi connectivity index (χ0) is 20.3. The smallest absolute Gasteiger partial charge is 0.185 e. The molecule has 146 valence electrons. The molecule has 0 unspecified atom stereocenters. The lowest BCUT2D eigenvalue weighted by molar-refractivity contribution is 0.104. The van der Waals surface area contributed by atoms with Gasteiger partial charge in [-0.2, -0.15) is 0 Å². The largest absolute Gasteiger partial charge is 0.494 e. The zero-order valence-electron chi connectivity index (χ0n) is 16.6. The molecule has 0 radical (unpaired) electrons. The number of aryl methyl sites for hydroxylation is 1. The predicted molar refractivity (Wildman–Crippen MR) is 121 cm³/mol. The molecule has 0 atom stereocenters. The Kier molecular flexibility index (Phi) is 7.59. The van der Waals surface area contributed by atoms with Crippen LogP contribution in [0.1, 0.15) is 39.9 Å². The molecule has 29 heavy (non-hydrogen) atoms. The van der Waals surface area contributed by atoms with Crippen LogP contribution >= 0.6 is 0 Å². The van der Waals surface area contributed by atoms with Crippen LogP contribution in [-0.2, 0) is 6.42 Å². The molecule has 0 heterocycles. The van der Waals surface area contributed by atoms with Gasteiger partial charge in [-0.3, -0.25) is 4.79 Å². The van der Waals surface area contributed by atoms with Crippen molar-refractivity contribution in [2.24, 2.45) is 0 Å². The average molecular weight is 383 g/mol. The molecule has 0 aromatic heterocycles. The minimum Gasteiger partial charge on any atom is -0.494 e. The van der Waals surface area contributed by atoms with Crippen molar-refractivity contribution in [2.45, 2.75) is 19.3 Å². The van der Waals surface area contributed by atoms with Crippen molar-refractivity contribution in [2.75, 3.05) is 6.61 Å². The van der Waals surface area contributed by atoms with Gasteiger partial charge in [0.2, 0.25) is 0 Å². The van der Waals surface area contributed by atoms with E-state index < -0.39 is 0 Å². The van der Waals surface area contributed by atoms with E-state index in [0.29, 0.717) is 12.2 Å². The average Bonchev–Trinajstić information content (AvgIpc) is 2.79. The number of carbonyl (C=O) groups is 1. The lowest BCUT2D eigenvalue weighted by Crippen LogP contribution is -1.98. The highest BCUT2D eigenvalue weighted by molar-refractivity contribution is 6.06. The van der Waals surface area contributed by atoms with Crippen LogP contribution in [0.2, 0.25) is 0 Å². The molecule has 2 nitrogen and oxygen atoms in total. The molecule has 0 saturated heterocycles. The first-order valence-corrected chi connectivity index (χ1v) is 9.96. The lowest BCUT2D eigenvalue weighted by atomic mass is 10.1. The van der Waals surface area contributed by atoms with Crippen LogP contribution in [-0.4, -0.2) is 12.4 Å². The number of ketones is 1. The van der Waals surface area contributed by atoms with Crippen molar-refractivity contribution >= 4 is 17.9 Å². The Morgan fingerprint density at radius 2 is 1.52 bits per heavy atom. The van der Waals surface area contributed by atoms with E-state index in [-0.39, 0.29) is 5.78 Å². The highest BCUT2D eigenvalue weighted by Gasteiger charge is 2.00. The van der Waals surface area contributed by atoms with E-state index in [0.717, 1.165) is 36.1 Å². The molecule has 2 heteroatoms. The summed E-state index contributed by atoms with van der Waals surface area (Å²) in [5, 5.41) is 0. The van der Waals surface area contributed by atoms with Crippen molar-refractivity contribution in [1.82, 2.24) is 0 Å². The zero-order valence-corrected chi connectivity index (χ0v) is 16.6. The maximum Gasteiger partial charge on any atom is 0.185 e. The van der Waals surface area contributed by atoms with Gasteiger partial charge in [0, 0.05) is 5.56 Å². The normalized spacial score (nSPS) is 10.8. The first-order chi connectivity index (χ1) is 14.2. The Labute approximate surface area is 173 Å². The highest BCUT2D eigenvalue weighted by Crippen LogP contribution is 2.15. The molecule has 0 N–H and O–H groups in total. The van der Waals surface area contributed by atoms with Crippen LogP contribution in [0.15, 0.2) is 91.5 Å². The van der Waals surface area contributed by atoms with Gasteiger partial charge in [-0.1, -0.05) is 85.5 Å². The van der Waals surface area contributed by atoms with Crippen molar-refractivity contribution in [3.05, 3.63) is 114 Å². The summed E-state index contributed by atoms with van der Waals surface area (Å²) in [6, 6.07) is 25.6. The first-order valence-electron chi connectivity index (χ1n) is 9.96. The number of unbranched alkanes of at least 4 members (excludes halogenated alkanes) is 1. The minimum absolute atomic E-state index is 0.00468. The lowest BCUT2D eigenvalue weighted by Gasteiger charge is -2.07. The number of allylic oxidation sites excluding steroid dienone is 1. The molecular weight excluding hydrogens is 356 g/mol. The van der Waals surface area contributed by atoms with Crippen molar-refractivity contribution in [1.29, 1.82) is 0 Å². The number of hydrogen-bond donors (Lipinski definition) is 0. The predicted octanol–water partition coefficient (Wildman–Crippen LogP) is 6.63. The maximum absolute atomic E-state index is 12.1. The fraction of sp³-hybridized carbons (Fsp3) is 0.148. The minimum atomic E-state index is 0.00468. The maximum atomic E-state index is 12.1. The van der Waals surface area contributed by atoms with Crippen LogP contribution in [0.25, 0.3) is 12.2 Å². The van der Waals surface area contributed by atoms with E-state index in [9.17, 15) is 4.79 Å². The summed E-state index contributed by atoms with van der Waals surface area (Å²) in [6.07, 6.45) is 8.45. The van der Waals surface area contributed by atoms with Crippen molar-refractivity contribution in [3.8, 4) is 5.75 Å². The molecule has 0 aliphatic carbocycles. The second-order valence-electron chi connectivity index (χ2n) is 6.88. The fourth-order valence-corrected chi connectivity index (χ4v) is 2.99. The van der Waals surface area contributed by atoms with Gasteiger partial charge in [-0.15, -0.1) is 0 Å². The number of benzene rings is 3. The number of ether oxygens (including phenoxy) is 1. The van der Waals surface area contributed by atoms with Crippen LogP contribution < -0.4 is 4.74 Å². The van der Waals surface area contributed by atoms with E-state index in [1.807, 2.05) is 66.7 Å². The van der Waals surface area contributed by atoms with E-state index >= 15 is 0 Å². The summed E-state index contributed by atoms with van der Waals surface area (Å²) in [5.41, 5.74) is 4.17. The molecule has 0 aliphatic heterocycles. The van der Waals surface area contributed by atoms with E-state index in [2.05, 4.69) is 30.8 Å². The Balaban J connectivity index is 1.39. The van der Waals surface area contributed by atoms with Gasteiger partial charge in [0.1, 0.15) is 5.75 Å². The van der Waals surface area contributed by atoms with Gasteiger partial charge in [0.25, 0.3) is 0 Å². The topological polar surface area (TPSA) is 26.3 Å². The first kappa shape index (κ1) is 20.3. The van der Waals surface area contributed by atoms with Crippen LogP contribution in [0, 0.1) is 0 Å². The molecule has 0 saturated carbocycles. The van der Waals surface area contributed by atoms with Crippen molar-refractivity contribution < 1.29 is 9.53 Å². The Morgan fingerprint density at radius 3 is 2.21 bits per heavy atom. The quantitative estimate of drug-likeness (QED) is 0.223. The number of rotatable bonds is 10. The van der Waals surface area contributed by atoms with E-state index in [4.69, 9.17) is 4.74 Å². The molecule has 0 fully saturated rings. The van der Waals surface area contributed by atoms with E-state index in [1.54, 1.807) is 6.08 Å². The van der Waals surface area contributed by atoms with Crippen LogP contribution in [0.4, 0.5) is 0 Å². The van der Waals surface area contributed by atoms with Gasteiger partial charge in [0.05, 0.1) is 6.61 Å². The molecule has 0 amide bonds. The van der Waals surface area contributed by atoms with Gasteiger partial charge >= 0.3 is 0 Å². The summed E-state index contributed by atoms with van der Waals surface area (Å²) < 4.78 is 5.83. The summed E-state index contributed by atoms with van der Waals surface area (Å²) in [6.45, 7) is 4.48. The second kappa shape index (κ2) is 10.8. The number of hydrogen-bond acceptors (Lipinski definition) is 2. The second-order valence-corrected chi connectivity index (χ2v) is 6.88. The molecule has 3 rings (SSSR count). The SMILES string of the molecule is C=Cc1ccc(CCCCOc2ccc(/C=C/C(=O)c3ccccc3)cc2)cc1. The Bertz CT molecular complexity index is 936. The summed E-state index contributed by atoms with van der Waals surface area (Å²) >= 11 is 0. The highest BCUT2D eigenvalue weighted by atomic mass is 16.5. The molecular formula is C27H26O2. The van der Waals surface area contributed by atoms with Gasteiger partial charge in [-0.25, -0.2) is 0 Å². The van der Waals surface area contributed by atoms with Gasteiger partial charge < -0.3 is 4.74 Å². The molecule has 0 spiro atoms. The Morgan fingerprint density at radius 1 is 0.828 bits per heavy atom. The van der Waals surface area contributed by atoms with E-state index in [1.165, 1.54) is 5.56 Å². The molecule has 3 aromatic carbocycles. The molecule has 3 aromatic rings. The third-order valence-corrected chi connectivity index (χ3v) is 4.71. The fourth-order valence-electron chi connectivity index (χ4n) is 2.99. The molecule has 0 bridgehead atoms. The van der Waals surface area contributed by atoms with Gasteiger partial charge in [0.15, 0.2) is 5.78 Å². The summed E-state index contributed by atoms with van der Waals surface area (Å²) in [7, 11) is 0. The third-order valence-electron chi connectivity index (χ3n) is 4.71. The molecule has 0 aliphatic rings. The standard InChI is InChI=1S/C27H26O2/c1-2-22-11-13-23(14-12-22)8-6-7-21-29-26-18-15-24(16-19-26)17-20-27(28)25-9-4-3-5-10-25/h2-5,9-20H,1,6-8,21H2/b20-17+. The van der Waals surface area contributed by atoms with Crippen molar-refractivity contribution in [3.63, 3.8) is 0 Å².